The van der Waals surface area contributed by atoms with Gasteiger partial charge in [-0.25, -0.2) is 9.97 Å². The standard InChI is InChI=1S/C10H8ClN3O/c1-15-9-8(13-6-14-10(9)11)7-4-2-3-5-12-7/h2-6H,1H3. The summed E-state index contributed by atoms with van der Waals surface area (Å²) in [7, 11) is 1.52. The molecule has 0 spiro atoms. The van der Waals surface area contributed by atoms with Crippen molar-refractivity contribution in [2.75, 3.05) is 7.11 Å². The molecule has 0 N–H and O–H groups in total. The number of aromatic nitrogens is 3. The van der Waals surface area contributed by atoms with E-state index in [2.05, 4.69) is 15.0 Å². The van der Waals surface area contributed by atoms with Crippen LogP contribution in [0.25, 0.3) is 11.4 Å². The van der Waals surface area contributed by atoms with Crippen LogP contribution in [0, 0.1) is 0 Å². The highest BCUT2D eigenvalue weighted by Gasteiger charge is 2.12. The van der Waals surface area contributed by atoms with Gasteiger partial charge in [-0.2, -0.15) is 0 Å². The van der Waals surface area contributed by atoms with E-state index in [1.807, 2.05) is 18.2 Å². The summed E-state index contributed by atoms with van der Waals surface area (Å²) in [6.07, 6.45) is 3.07. The Morgan fingerprint density at radius 2 is 2.07 bits per heavy atom. The predicted octanol–water partition coefficient (Wildman–Crippen LogP) is 2.20. The van der Waals surface area contributed by atoms with Crippen molar-refractivity contribution in [2.45, 2.75) is 0 Å². The van der Waals surface area contributed by atoms with Crippen LogP contribution < -0.4 is 4.74 Å². The number of nitrogens with zero attached hydrogens (tertiary/aromatic N) is 3. The first-order valence-electron chi connectivity index (χ1n) is 4.29. The van der Waals surface area contributed by atoms with E-state index in [4.69, 9.17) is 16.3 Å². The Morgan fingerprint density at radius 3 is 2.73 bits per heavy atom. The molecule has 0 radical (unpaired) electrons. The third-order valence-electron chi connectivity index (χ3n) is 1.87. The summed E-state index contributed by atoms with van der Waals surface area (Å²) in [5.41, 5.74) is 1.30. The molecule has 0 atom stereocenters. The summed E-state index contributed by atoms with van der Waals surface area (Å²) in [5, 5.41) is 0.285. The van der Waals surface area contributed by atoms with Gasteiger partial charge in [-0.05, 0) is 12.1 Å². The topological polar surface area (TPSA) is 47.9 Å². The van der Waals surface area contributed by atoms with Crippen LogP contribution in [0.1, 0.15) is 0 Å². The number of hydrogen-bond donors (Lipinski definition) is 0. The molecule has 2 aromatic rings. The number of pyridine rings is 1. The minimum atomic E-state index is 0.285. The van der Waals surface area contributed by atoms with E-state index in [0.717, 1.165) is 0 Å². The molecule has 0 saturated heterocycles. The zero-order valence-electron chi connectivity index (χ0n) is 8.01. The van der Waals surface area contributed by atoms with Crippen molar-refractivity contribution in [3.63, 3.8) is 0 Å². The molecular weight excluding hydrogens is 214 g/mol. The van der Waals surface area contributed by atoms with Crippen LogP contribution in [-0.2, 0) is 0 Å². The third kappa shape index (κ3) is 1.89. The molecule has 2 aromatic heterocycles. The first-order chi connectivity index (χ1) is 7.33. The molecule has 4 nitrogen and oxygen atoms in total. The summed E-state index contributed by atoms with van der Waals surface area (Å²) < 4.78 is 5.13. The van der Waals surface area contributed by atoms with E-state index in [9.17, 15) is 0 Å². The Bertz CT molecular complexity index is 461. The number of rotatable bonds is 2. The van der Waals surface area contributed by atoms with Crippen molar-refractivity contribution < 1.29 is 4.74 Å². The molecule has 2 heterocycles. The monoisotopic (exact) mass is 221 g/mol. The lowest BCUT2D eigenvalue weighted by Crippen LogP contribution is -1.95. The van der Waals surface area contributed by atoms with Gasteiger partial charge < -0.3 is 4.74 Å². The highest BCUT2D eigenvalue weighted by molar-refractivity contribution is 6.31. The summed E-state index contributed by atoms with van der Waals surface area (Å²) in [6.45, 7) is 0. The van der Waals surface area contributed by atoms with Crippen molar-refractivity contribution in [1.29, 1.82) is 0 Å². The highest BCUT2D eigenvalue weighted by atomic mass is 35.5. The average Bonchev–Trinajstić information content (AvgIpc) is 2.30. The highest BCUT2D eigenvalue weighted by Crippen LogP contribution is 2.30. The molecule has 0 saturated carbocycles. The van der Waals surface area contributed by atoms with Gasteiger partial charge in [-0.1, -0.05) is 17.7 Å². The molecule has 2 rings (SSSR count). The molecule has 0 fully saturated rings. The maximum Gasteiger partial charge on any atom is 0.184 e. The smallest absolute Gasteiger partial charge is 0.184 e. The van der Waals surface area contributed by atoms with Gasteiger partial charge in [0.05, 0.1) is 12.8 Å². The van der Waals surface area contributed by atoms with Crippen LogP contribution in [0.5, 0.6) is 5.75 Å². The van der Waals surface area contributed by atoms with Gasteiger partial charge in [0.1, 0.15) is 12.0 Å². The second-order valence-electron chi connectivity index (χ2n) is 2.76. The van der Waals surface area contributed by atoms with E-state index in [0.29, 0.717) is 17.1 Å². The molecule has 76 valence electrons. The Kier molecular flexibility index (Phi) is 2.78. The minimum Gasteiger partial charge on any atom is -0.491 e. The Morgan fingerprint density at radius 1 is 1.20 bits per heavy atom. The molecule has 5 heteroatoms. The maximum atomic E-state index is 5.88. The summed E-state index contributed by atoms with van der Waals surface area (Å²) in [5.74, 6) is 0.442. The molecule has 15 heavy (non-hydrogen) atoms. The van der Waals surface area contributed by atoms with Gasteiger partial charge >= 0.3 is 0 Å². The van der Waals surface area contributed by atoms with Crippen molar-refractivity contribution in [3.05, 3.63) is 35.9 Å². The first kappa shape index (κ1) is 9.86. The van der Waals surface area contributed by atoms with E-state index >= 15 is 0 Å². The lowest BCUT2D eigenvalue weighted by Gasteiger charge is -2.06. The van der Waals surface area contributed by atoms with Gasteiger partial charge in [-0.3, -0.25) is 4.98 Å². The average molecular weight is 222 g/mol. The van der Waals surface area contributed by atoms with Crippen LogP contribution in [0.3, 0.4) is 0 Å². The zero-order chi connectivity index (χ0) is 10.7. The fourth-order valence-corrected chi connectivity index (χ4v) is 1.43. The number of hydrogen-bond acceptors (Lipinski definition) is 4. The van der Waals surface area contributed by atoms with E-state index in [1.165, 1.54) is 13.4 Å². The van der Waals surface area contributed by atoms with E-state index in [-0.39, 0.29) is 5.15 Å². The van der Waals surface area contributed by atoms with Gasteiger partial charge in [0.2, 0.25) is 0 Å². The lowest BCUT2D eigenvalue weighted by atomic mass is 10.2. The van der Waals surface area contributed by atoms with Crippen LogP contribution in [0.2, 0.25) is 5.15 Å². The Hall–Kier alpha value is -1.68. The predicted molar refractivity (Wildman–Crippen MR) is 56.8 cm³/mol. The maximum absolute atomic E-state index is 5.88. The normalized spacial score (nSPS) is 10.0. The van der Waals surface area contributed by atoms with Gasteiger partial charge in [0, 0.05) is 6.20 Å². The lowest BCUT2D eigenvalue weighted by molar-refractivity contribution is 0.412. The Labute approximate surface area is 91.9 Å². The second kappa shape index (κ2) is 4.23. The molecule has 0 aliphatic carbocycles. The van der Waals surface area contributed by atoms with Crippen molar-refractivity contribution in [1.82, 2.24) is 15.0 Å². The second-order valence-corrected chi connectivity index (χ2v) is 3.12. The van der Waals surface area contributed by atoms with E-state index < -0.39 is 0 Å². The third-order valence-corrected chi connectivity index (χ3v) is 2.14. The molecule has 0 amide bonds. The molecule has 0 bridgehead atoms. The number of methoxy groups -OCH3 is 1. The molecule has 0 unspecified atom stereocenters. The molecule has 0 aliphatic heterocycles. The van der Waals surface area contributed by atoms with Crippen LogP contribution in [0.4, 0.5) is 0 Å². The van der Waals surface area contributed by atoms with Crippen LogP contribution in [-0.4, -0.2) is 22.1 Å². The molecule has 0 aliphatic rings. The minimum absolute atomic E-state index is 0.285. The largest absolute Gasteiger partial charge is 0.491 e. The molecule has 0 aromatic carbocycles. The number of halogens is 1. The summed E-state index contributed by atoms with van der Waals surface area (Å²) in [4.78, 5) is 12.1. The van der Waals surface area contributed by atoms with E-state index in [1.54, 1.807) is 6.20 Å². The Balaban J connectivity index is 2.58. The zero-order valence-corrected chi connectivity index (χ0v) is 8.77. The summed E-state index contributed by atoms with van der Waals surface area (Å²) >= 11 is 5.88. The van der Waals surface area contributed by atoms with Crippen LogP contribution in [0.15, 0.2) is 30.7 Å². The molecular formula is C10H8ClN3O. The van der Waals surface area contributed by atoms with Gasteiger partial charge in [-0.15, -0.1) is 0 Å². The van der Waals surface area contributed by atoms with Crippen molar-refractivity contribution in [3.8, 4) is 17.1 Å². The summed E-state index contributed by atoms with van der Waals surface area (Å²) in [6, 6.07) is 5.54. The van der Waals surface area contributed by atoms with Crippen molar-refractivity contribution in [2.24, 2.45) is 0 Å². The number of ether oxygens (including phenoxy) is 1. The fraction of sp³-hybridized carbons (Fsp3) is 0.100. The van der Waals surface area contributed by atoms with Crippen molar-refractivity contribution >= 4 is 11.6 Å². The van der Waals surface area contributed by atoms with Gasteiger partial charge in [0.25, 0.3) is 0 Å². The fourth-order valence-electron chi connectivity index (χ4n) is 1.22. The van der Waals surface area contributed by atoms with Crippen LogP contribution >= 0.6 is 11.6 Å². The first-order valence-corrected chi connectivity index (χ1v) is 4.66. The SMILES string of the molecule is COc1c(Cl)ncnc1-c1ccccn1. The van der Waals surface area contributed by atoms with Gasteiger partial charge in [0.15, 0.2) is 10.9 Å². The quantitative estimate of drug-likeness (QED) is 0.730.